The first kappa shape index (κ1) is 15.5. The fourth-order valence-electron chi connectivity index (χ4n) is 1.83. The first-order valence-corrected chi connectivity index (χ1v) is 6.28. The topological polar surface area (TPSA) is 47.3 Å². The number of halogens is 3. The lowest BCUT2D eigenvalue weighted by Crippen LogP contribution is -2.19. The molecule has 1 aromatic rings. The molecule has 1 aromatic carbocycles. The van der Waals surface area contributed by atoms with Gasteiger partial charge in [-0.2, -0.15) is 8.78 Å². The Balaban J connectivity index is 2.93. The molecule has 0 fully saturated rings. The van der Waals surface area contributed by atoms with Crippen molar-refractivity contribution >= 4 is 11.4 Å². The lowest BCUT2D eigenvalue weighted by molar-refractivity contribution is -0.0521. The maximum atomic E-state index is 13.4. The fraction of sp³-hybridized carbons (Fsp3) is 0.538. The summed E-state index contributed by atoms with van der Waals surface area (Å²) in [4.78, 5) is 0. The number of anilines is 2. The van der Waals surface area contributed by atoms with E-state index in [4.69, 9.17) is 5.73 Å². The molecule has 0 aliphatic carbocycles. The number of hydrogen-bond donors (Lipinski definition) is 2. The van der Waals surface area contributed by atoms with E-state index < -0.39 is 18.2 Å². The highest BCUT2D eigenvalue weighted by molar-refractivity contribution is 5.69. The Morgan fingerprint density at radius 1 is 1.32 bits per heavy atom. The van der Waals surface area contributed by atoms with Gasteiger partial charge < -0.3 is 15.8 Å². The van der Waals surface area contributed by atoms with Gasteiger partial charge in [0.25, 0.3) is 0 Å². The van der Waals surface area contributed by atoms with Crippen molar-refractivity contribution < 1.29 is 17.9 Å². The minimum absolute atomic E-state index is 0.164. The first-order chi connectivity index (χ1) is 8.97. The van der Waals surface area contributed by atoms with E-state index in [1.54, 1.807) is 0 Å². The van der Waals surface area contributed by atoms with Gasteiger partial charge >= 0.3 is 6.61 Å². The predicted octanol–water partition coefficient (Wildman–Crippen LogP) is 4.00. The van der Waals surface area contributed by atoms with E-state index >= 15 is 0 Å². The summed E-state index contributed by atoms with van der Waals surface area (Å²) in [5.41, 5.74) is 6.26. The molecule has 0 heterocycles. The van der Waals surface area contributed by atoms with E-state index in [1.165, 1.54) is 6.07 Å². The molecule has 1 rings (SSSR count). The van der Waals surface area contributed by atoms with Gasteiger partial charge in [0.1, 0.15) is 0 Å². The molecule has 0 saturated carbocycles. The maximum Gasteiger partial charge on any atom is 0.387 e. The van der Waals surface area contributed by atoms with Crippen LogP contribution in [0.15, 0.2) is 12.1 Å². The Kier molecular flexibility index (Phi) is 5.79. The molecule has 3 N–H and O–H groups in total. The van der Waals surface area contributed by atoms with Crippen LogP contribution in [0.4, 0.5) is 24.5 Å². The molecule has 0 amide bonds. The smallest absolute Gasteiger partial charge is 0.387 e. The van der Waals surface area contributed by atoms with Crippen molar-refractivity contribution in [2.75, 3.05) is 11.1 Å². The van der Waals surface area contributed by atoms with Gasteiger partial charge in [-0.05, 0) is 12.8 Å². The SMILES string of the molecule is CCCC(CC)Nc1cc(OC(F)F)c(F)cc1N. The third-order valence-corrected chi connectivity index (χ3v) is 2.81. The molecule has 3 nitrogen and oxygen atoms in total. The Morgan fingerprint density at radius 3 is 2.53 bits per heavy atom. The number of hydrogen-bond acceptors (Lipinski definition) is 3. The quantitative estimate of drug-likeness (QED) is 0.740. The monoisotopic (exact) mass is 276 g/mol. The Bertz CT molecular complexity index is 413. The average Bonchev–Trinajstić information content (AvgIpc) is 2.33. The molecule has 0 aliphatic heterocycles. The second-order valence-corrected chi connectivity index (χ2v) is 4.29. The number of nitrogens with two attached hydrogens (primary N) is 1. The van der Waals surface area contributed by atoms with Crippen LogP contribution in [-0.2, 0) is 0 Å². The van der Waals surface area contributed by atoms with Crippen LogP contribution in [0.2, 0.25) is 0 Å². The zero-order valence-corrected chi connectivity index (χ0v) is 11.1. The van der Waals surface area contributed by atoms with E-state index in [2.05, 4.69) is 10.1 Å². The summed E-state index contributed by atoms with van der Waals surface area (Å²) < 4.78 is 41.8. The Labute approximate surface area is 110 Å². The molecule has 6 heteroatoms. The highest BCUT2D eigenvalue weighted by Crippen LogP contribution is 2.30. The number of nitrogen functional groups attached to an aromatic ring is 1. The second-order valence-electron chi connectivity index (χ2n) is 4.29. The van der Waals surface area contributed by atoms with Gasteiger partial charge in [0, 0.05) is 18.2 Å². The van der Waals surface area contributed by atoms with Gasteiger partial charge in [-0.3, -0.25) is 0 Å². The Hall–Kier alpha value is -1.59. The van der Waals surface area contributed by atoms with Crippen LogP contribution in [0, 0.1) is 5.82 Å². The molecule has 0 spiro atoms. The standard InChI is InChI=1S/C13H19F3N2O/c1-3-5-8(4-2)18-11-7-12(19-13(15)16)9(14)6-10(11)17/h6-8,13,18H,3-5,17H2,1-2H3. The van der Waals surface area contributed by atoms with Gasteiger partial charge in [0.15, 0.2) is 11.6 Å². The highest BCUT2D eigenvalue weighted by Gasteiger charge is 2.15. The minimum atomic E-state index is -3.07. The Morgan fingerprint density at radius 2 is 2.00 bits per heavy atom. The molecular weight excluding hydrogens is 257 g/mol. The lowest BCUT2D eigenvalue weighted by Gasteiger charge is -2.19. The van der Waals surface area contributed by atoms with Crippen LogP contribution in [0.25, 0.3) is 0 Å². The van der Waals surface area contributed by atoms with Crippen molar-refractivity contribution in [3.63, 3.8) is 0 Å². The molecule has 0 radical (unpaired) electrons. The molecular formula is C13H19F3N2O. The lowest BCUT2D eigenvalue weighted by atomic mass is 10.1. The number of benzene rings is 1. The summed E-state index contributed by atoms with van der Waals surface area (Å²) in [5.74, 6) is -1.40. The normalized spacial score (nSPS) is 12.5. The first-order valence-electron chi connectivity index (χ1n) is 6.28. The van der Waals surface area contributed by atoms with Gasteiger partial charge in [-0.1, -0.05) is 20.3 Å². The van der Waals surface area contributed by atoms with Gasteiger partial charge in [0.05, 0.1) is 11.4 Å². The zero-order valence-electron chi connectivity index (χ0n) is 11.1. The van der Waals surface area contributed by atoms with Crippen LogP contribution in [0.3, 0.4) is 0 Å². The third kappa shape index (κ3) is 4.54. The molecule has 0 aliphatic rings. The fourth-order valence-corrected chi connectivity index (χ4v) is 1.83. The van der Waals surface area contributed by atoms with E-state index in [0.29, 0.717) is 5.69 Å². The molecule has 0 saturated heterocycles. The number of rotatable bonds is 7. The van der Waals surface area contributed by atoms with E-state index in [-0.39, 0.29) is 11.7 Å². The molecule has 0 aromatic heterocycles. The number of ether oxygens (including phenoxy) is 1. The van der Waals surface area contributed by atoms with Crippen molar-refractivity contribution in [2.45, 2.75) is 45.8 Å². The third-order valence-electron chi connectivity index (χ3n) is 2.81. The second kappa shape index (κ2) is 7.11. The van der Waals surface area contributed by atoms with Crippen LogP contribution < -0.4 is 15.8 Å². The summed E-state index contributed by atoms with van der Waals surface area (Å²) >= 11 is 0. The van der Waals surface area contributed by atoms with Gasteiger partial charge in [-0.25, -0.2) is 4.39 Å². The van der Waals surface area contributed by atoms with Gasteiger partial charge in [0.2, 0.25) is 0 Å². The van der Waals surface area contributed by atoms with Crippen molar-refractivity contribution in [1.29, 1.82) is 0 Å². The van der Waals surface area contributed by atoms with Crippen molar-refractivity contribution in [2.24, 2.45) is 0 Å². The van der Waals surface area contributed by atoms with Crippen molar-refractivity contribution in [1.82, 2.24) is 0 Å². The van der Waals surface area contributed by atoms with Gasteiger partial charge in [-0.15, -0.1) is 0 Å². The van der Waals surface area contributed by atoms with Crippen molar-refractivity contribution in [3.05, 3.63) is 17.9 Å². The van der Waals surface area contributed by atoms with Crippen LogP contribution in [-0.4, -0.2) is 12.7 Å². The van der Waals surface area contributed by atoms with Crippen molar-refractivity contribution in [3.8, 4) is 5.75 Å². The highest BCUT2D eigenvalue weighted by atomic mass is 19.3. The maximum absolute atomic E-state index is 13.4. The number of nitrogens with one attached hydrogen (secondary N) is 1. The number of alkyl halides is 2. The summed E-state index contributed by atoms with van der Waals surface area (Å²) in [6.07, 6.45) is 2.75. The zero-order chi connectivity index (χ0) is 14.4. The molecule has 19 heavy (non-hydrogen) atoms. The van der Waals surface area contributed by atoms with E-state index in [9.17, 15) is 13.2 Å². The predicted molar refractivity (Wildman–Crippen MR) is 70.1 cm³/mol. The van der Waals surface area contributed by atoms with Crippen LogP contribution in [0.1, 0.15) is 33.1 Å². The molecule has 1 atom stereocenters. The average molecular weight is 276 g/mol. The van der Waals surface area contributed by atoms with E-state index in [1.807, 2.05) is 13.8 Å². The summed E-state index contributed by atoms with van der Waals surface area (Å²) in [6.45, 7) is 0.983. The summed E-state index contributed by atoms with van der Waals surface area (Å²) in [6, 6.07) is 2.32. The molecule has 108 valence electrons. The van der Waals surface area contributed by atoms with E-state index in [0.717, 1.165) is 25.3 Å². The summed E-state index contributed by atoms with van der Waals surface area (Å²) in [7, 11) is 0. The largest absolute Gasteiger partial charge is 0.432 e. The molecule has 0 bridgehead atoms. The van der Waals surface area contributed by atoms with Crippen LogP contribution >= 0.6 is 0 Å². The molecule has 1 unspecified atom stereocenters. The summed E-state index contributed by atoms with van der Waals surface area (Å²) in [5, 5.41) is 3.12. The van der Waals surface area contributed by atoms with Crippen LogP contribution in [0.5, 0.6) is 5.75 Å². The minimum Gasteiger partial charge on any atom is -0.432 e.